The van der Waals surface area contributed by atoms with Crippen LogP contribution in [0.25, 0.3) is 33.8 Å². The van der Waals surface area contributed by atoms with Crippen LogP contribution in [0.2, 0.25) is 0 Å². The summed E-state index contributed by atoms with van der Waals surface area (Å²) in [5, 5.41) is 37.3. The lowest BCUT2D eigenvalue weighted by atomic mass is 9.54. The summed E-state index contributed by atoms with van der Waals surface area (Å²) in [6.07, 6.45) is 4.72. The number of carboxylic acid groups (broad SMARTS) is 1. The van der Waals surface area contributed by atoms with Crippen LogP contribution in [0.4, 0.5) is 21.1 Å². The number of rotatable bonds is 13. The Kier molecular flexibility index (Phi) is 18.1. The molecule has 100 heavy (non-hydrogen) atoms. The number of amides is 4. The van der Waals surface area contributed by atoms with Gasteiger partial charge in [-0.2, -0.15) is 5.26 Å². The summed E-state index contributed by atoms with van der Waals surface area (Å²) in [5.74, 6) is -1.94. The number of Topliss-reactive ketones (excluding diaryl/α,β-unsaturated/α-hetero) is 3. The van der Waals surface area contributed by atoms with Gasteiger partial charge < -0.3 is 26.4 Å². The minimum Gasteiger partial charge on any atom is -0.478 e. The van der Waals surface area contributed by atoms with Crippen molar-refractivity contribution in [3.05, 3.63) is 236 Å². The molecule has 9 unspecified atom stereocenters. The second-order valence-electron chi connectivity index (χ2n) is 26.9. The van der Waals surface area contributed by atoms with Crippen LogP contribution in [-0.4, -0.2) is 73.3 Å². The van der Waals surface area contributed by atoms with Crippen LogP contribution in [-0.2, 0) is 28.8 Å². The molecule has 0 radical (unpaired) electrons. The number of carbonyl (C=O) groups excluding carboxylic acids is 7. The van der Waals surface area contributed by atoms with Gasteiger partial charge in [-0.25, -0.2) is 19.7 Å². The zero-order chi connectivity index (χ0) is 69.8. The molecule has 10 aromatic rings. The molecule has 3 saturated carbocycles. The van der Waals surface area contributed by atoms with E-state index in [9.17, 15) is 43.5 Å². The zero-order valence-electron chi connectivity index (χ0n) is 54.7. The number of thioether (sulfide) groups is 1. The molecule has 9 atom stereocenters. The highest BCUT2D eigenvalue weighted by Gasteiger charge is 2.57. The monoisotopic (exact) mass is 1400 g/mol. The first-order chi connectivity index (χ1) is 48.2. The number of benzene rings is 7. The molecule has 4 amide bonds. The SMILES string of the molecule is CC1(C(=O)Nc2nc(-c3cccc(C#N)c3)cs2)CC2C(=O)CC1c1ccccc12.CC1(C(=O)Nc2nc(-c3cccc(C(=O)O)c3)cs2)CC2C(=O)CC1c1ccccc12.CSc1cccc(NC(=O)c2cccc(-c3csc(NC(=O)C4(C)CC5C(=O)CC4c4ccccc45)n3)c2)c1. The van der Waals surface area contributed by atoms with Crippen LogP contribution < -0.4 is 21.3 Å². The van der Waals surface area contributed by atoms with Gasteiger partial charge in [0.15, 0.2) is 15.4 Å². The zero-order valence-corrected chi connectivity index (χ0v) is 58.0. The number of nitriles is 1. The smallest absolute Gasteiger partial charge is 0.335 e. The fourth-order valence-electron chi connectivity index (χ4n) is 15.5. The molecule has 3 heterocycles. The number of nitrogens with zero attached hydrogens (tertiary/aromatic N) is 4. The van der Waals surface area contributed by atoms with Crippen LogP contribution >= 0.6 is 45.8 Å². The van der Waals surface area contributed by atoms with Crippen molar-refractivity contribution in [2.75, 3.05) is 27.5 Å². The number of nitrogens with one attached hydrogen (secondary N) is 4. The number of anilines is 4. The minimum absolute atomic E-state index is 0.0915. The molecule has 0 saturated heterocycles. The van der Waals surface area contributed by atoms with Gasteiger partial charge in [0.25, 0.3) is 5.91 Å². The van der Waals surface area contributed by atoms with Crippen molar-refractivity contribution < 1.29 is 43.5 Å². The van der Waals surface area contributed by atoms with Gasteiger partial charge >= 0.3 is 5.97 Å². The topological polar surface area (TPSA) is 267 Å². The molecular formula is C79H66N8O9S4. The van der Waals surface area contributed by atoms with Crippen LogP contribution in [0.5, 0.6) is 0 Å². The van der Waals surface area contributed by atoms with E-state index < -0.39 is 22.2 Å². The Morgan fingerprint density at radius 2 is 0.840 bits per heavy atom. The Labute approximate surface area is 593 Å². The molecule has 9 aliphatic rings. The quantitative estimate of drug-likeness (QED) is 0.0672. The predicted octanol–water partition coefficient (Wildman–Crippen LogP) is 16.5. The number of carbonyl (C=O) groups is 8. The van der Waals surface area contributed by atoms with Crippen molar-refractivity contribution in [2.24, 2.45) is 16.2 Å². The Hall–Kier alpha value is -10.4. The maximum atomic E-state index is 13.6. The molecule has 7 aromatic carbocycles. The largest absolute Gasteiger partial charge is 0.478 e. The molecule has 3 aromatic heterocycles. The summed E-state index contributed by atoms with van der Waals surface area (Å²) in [6, 6.07) is 54.9. The van der Waals surface area contributed by atoms with E-state index in [2.05, 4.69) is 42.3 Å². The van der Waals surface area contributed by atoms with Crippen molar-refractivity contribution >= 4 is 114 Å². The van der Waals surface area contributed by atoms with E-state index >= 15 is 0 Å². The standard InChI is InChI=1S/C31H27N3O3S2.C24H19N3O2S.C24H20N2O4S/c1-31(16-24-22-11-3-4-12-23(22)25(31)15-27(24)35)29(37)34-30-33-26(17-39-30)18-7-5-8-19(13-18)28(36)32-20-9-6-10-21(14-20)38-2;1-24(11-18-16-7-2-3-8-17(16)19(24)10-21(18)28)22(29)27-23-26-20(13-30-23)15-6-4-5-14(9-15)12-25;1-24(11-17-15-7-2-3-8-16(15)18(24)10-20(17)27)22(30)26-23-25-19(12-31-23)13-5-4-6-14(9-13)21(28)29/h3-14,17,24-25H,15-16H2,1-2H3,(H,32,36)(H,33,34,37);2-9,13,18-19H,10-11H2,1H3,(H,26,27,29);2-9,12,17-18H,10-11H2,1H3,(H,28,29)(H,25,26,30). The number of fused-ring (bicyclic) bond motifs is 6. The van der Waals surface area contributed by atoms with Crippen molar-refractivity contribution in [1.29, 1.82) is 5.26 Å². The van der Waals surface area contributed by atoms with Crippen molar-refractivity contribution in [3.63, 3.8) is 0 Å². The highest BCUT2D eigenvalue weighted by molar-refractivity contribution is 7.98. The number of thiazole rings is 3. The summed E-state index contributed by atoms with van der Waals surface area (Å²) < 4.78 is 0. The van der Waals surface area contributed by atoms with Gasteiger partial charge in [-0.1, -0.05) is 136 Å². The lowest BCUT2D eigenvalue weighted by Crippen LogP contribution is -2.49. The Morgan fingerprint density at radius 1 is 0.470 bits per heavy atom. The lowest BCUT2D eigenvalue weighted by Gasteiger charge is -2.48. The molecule has 3 fully saturated rings. The normalized spacial score (nSPS) is 23.0. The van der Waals surface area contributed by atoms with Crippen LogP contribution in [0, 0.1) is 27.6 Å². The number of carboxylic acids is 1. The van der Waals surface area contributed by atoms with Crippen LogP contribution in [0.1, 0.15) is 154 Å². The Balaban J connectivity index is 0.000000129. The first-order valence-electron chi connectivity index (χ1n) is 32.8. The van der Waals surface area contributed by atoms with Gasteiger partial charge in [0, 0.05) is 104 Å². The fraction of sp³-hybridized carbons (Fsp3) is 0.241. The van der Waals surface area contributed by atoms with Gasteiger partial charge in [-0.15, -0.1) is 45.8 Å². The van der Waals surface area contributed by atoms with E-state index in [1.165, 1.54) is 40.1 Å². The Bertz CT molecular complexity index is 5050. The van der Waals surface area contributed by atoms with E-state index in [1.807, 2.05) is 159 Å². The predicted molar refractivity (Wildman–Crippen MR) is 389 cm³/mol. The van der Waals surface area contributed by atoms with Gasteiger partial charge in [-0.05, 0) is 113 Å². The maximum absolute atomic E-state index is 13.6. The number of aromatic nitrogens is 3. The molecular weight excluding hydrogens is 1330 g/mol. The number of aromatic carboxylic acids is 1. The molecule has 19 rings (SSSR count). The molecule has 0 spiro atoms. The van der Waals surface area contributed by atoms with E-state index in [4.69, 9.17) is 5.26 Å². The van der Waals surface area contributed by atoms with E-state index in [0.717, 1.165) is 60.8 Å². The van der Waals surface area contributed by atoms with Crippen molar-refractivity contribution in [2.45, 2.75) is 99.7 Å². The molecule has 0 aliphatic heterocycles. The minimum atomic E-state index is -0.999. The van der Waals surface area contributed by atoms with E-state index in [1.54, 1.807) is 59.6 Å². The first kappa shape index (κ1) is 66.8. The van der Waals surface area contributed by atoms with E-state index in [-0.39, 0.29) is 82.0 Å². The van der Waals surface area contributed by atoms with Crippen molar-refractivity contribution in [1.82, 2.24) is 15.0 Å². The summed E-state index contributed by atoms with van der Waals surface area (Å²) in [6.45, 7) is 5.87. The third kappa shape index (κ3) is 12.6. The summed E-state index contributed by atoms with van der Waals surface area (Å²) in [7, 11) is 0. The van der Waals surface area contributed by atoms with Gasteiger partial charge in [0.05, 0.1) is 50.5 Å². The third-order valence-corrected chi connectivity index (χ3v) is 24.0. The van der Waals surface area contributed by atoms with Gasteiger partial charge in [-0.3, -0.25) is 33.6 Å². The Morgan fingerprint density at radius 3 is 1.24 bits per heavy atom. The lowest BCUT2D eigenvalue weighted by molar-refractivity contribution is -0.136. The number of hydrogen-bond acceptors (Lipinski definition) is 16. The van der Waals surface area contributed by atoms with Gasteiger partial charge in [0.2, 0.25) is 17.7 Å². The summed E-state index contributed by atoms with van der Waals surface area (Å²) >= 11 is 5.63. The molecule has 9 aliphatic carbocycles. The van der Waals surface area contributed by atoms with E-state index in [0.29, 0.717) is 82.0 Å². The molecule has 500 valence electrons. The maximum Gasteiger partial charge on any atom is 0.335 e. The first-order valence-corrected chi connectivity index (χ1v) is 36.6. The average Bonchev–Trinajstić information content (AvgIpc) is 0.990. The number of ketones is 3. The molecule has 5 N–H and O–H groups in total. The highest BCUT2D eigenvalue weighted by atomic mass is 32.2. The average molecular weight is 1400 g/mol. The highest BCUT2D eigenvalue weighted by Crippen LogP contribution is 2.60. The van der Waals surface area contributed by atoms with Crippen LogP contribution in [0.15, 0.2) is 191 Å². The van der Waals surface area contributed by atoms with Gasteiger partial charge in [0.1, 0.15) is 17.3 Å². The number of hydrogen-bond donors (Lipinski definition) is 5. The fourth-order valence-corrected chi connectivity index (χ4v) is 18.1. The second kappa shape index (κ2) is 27.0. The van der Waals surface area contributed by atoms with Crippen molar-refractivity contribution in [3.8, 4) is 39.8 Å². The second-order valence-corrected chi connectivity index (χ2v) is 30.4. The molecule has 21 heteroatoms. The molecule has 17 nitrogen and oxygen atoms in total. The summed E-state index contributed by atoms with van der Waals surface area (Å²) in [4.78, 5) is 117. The summed E-state index contributed by atoms with van der Waals surface area (Å²) in [5.41, 5.74) is 10.9. The molecule has 6 bridgehead atoms. The third-order valence-electron chi connectivity index (χ3n) is 21.0. The van der Waals surface area contributed by atoms with Crippen LogP contribution in [0.3, 0.4) is 0 Å².